The molecule has 0 spiro atoms. The van der Waals surface area contributed by atoms with Crippen molar-refractivity contribution >= 4 is 17.4 Å². The molecule has 2 aliphatic rings. The third-order valence-electron chi connectivity index (χ3n) is 4.66. The van der Waals surface area contributed by atoms with Crippen molar-refractivity contribution in [1.29, 1.82) is 0 Å². The summed E-state index contributed by atoms with van der Waals surface area (Å²) >= 11 is 5.73. The van der Waals surface area contributed by atoms with Crippen LogP contribution < -0.4 is 5.32 Å². The second-order valence-corrected chi connectivity index (χ2v) is 6.37. The molecule has 3 atom stereocenters. The molecule has 0 radical (unpaired) electrons. The van der Waals surface area contributed by atoms with Crippen LogP contribution in [0.25, 0.3) is 0 Å². The van der Waals surface area contributed by atoms with Crippen LogP contribution in [0.3, 0.4) is 0 Å². The van der Waals surface area contributed by atoms with Gasteiger partial charge in [-0.05, 0) is 49.8 Å². The van der Waals surface area contributed by atoms with Crippen molar-refractivity contribution in [3.05, 3.63) is 34.6 Å². The minimum Gasteiger partial charge on any atom is -0.304 e. The number of rotatable bonds is 2. The van der Waals surface area contributed by atoms with E-state index in [2.05, 4.69) is 5.32 Å². The first-order valence-electron chi connectivity index (χ1n) is 7.40. The lowest BCUT2D eigenvalue weighted by Crippen LogP contribution is -2.52. The maximum Gasteiger partial charge on any atom is 0.182 e. The van der Waals surface area contributed by atoms with Crippen LogP contribution in [0.4, 0.5) is 4.39 Å². The van der Waals surface area contributed by atoms with Gasteiger partial charge in [0.1, 0.15) is 5.82 Å². The van der Waals surface area contributed by atoms with Crippen molar-refractivity contribution in [2.24, 2.45) is 5.92 Å². The van der Waals surface area contributed by atoms with Crippen molar-refractivity contribution in [2.45, 2.75) is 50.6 Å². The highest BCUT2D eigenvalue weighted by molar-refractivity contribution is 6.30. The van der Waals surface area contributed by atoms with Crippen LogP contribution in [0.1, 0.15) is 48.9 Å². The molecular formula is C16H19ClFNO. The van der Waals surface area contributed by atoms with Crippen LogP contribution in [-0.4, -0.2) is 17.9 Å². The maximum absolute atomic E-state index is 13.9. The Morgan fingerprint density at radius 3 is 2.80 bits per heavy atom. The van der Waals surface area contributed by atoms with Crippen molar-refractivity contribution in [1.82, 2.24) is 5.32 Å². The monoisotopic (exact) mass is 295 g/mol. The first kappa shape index (κ1) is 14.0. The standard InChI is InChI=1S/C16H19ClFNO/c17-11-6-7-12(13(18)9-11)16(20)15-8-5-10-3-1-2-4-14(10)19-15/h6-7,9-10,14-15,19H,1-5,8H2. The van der Waals surface area contributed by atoms with Gasteiger partial charge in [-0.1, -0.05) is 24.4 Å². The van der Waals surface area contributed by atoms with Gasteiger partial charge < -0.3 is 5.32 Å². The van der Waals surface area contributed by atoms with Crippen molar-refractivity contribution in [3.8, 4) is 0 Å². The number of nitrogens with one attached hydrogen (secondary N) is 1. The number of carbonyl (C=O) groups is 1. The number of halogens is 2. The number of carbonyl (C=O) groups excluding carboxylic acids is 1. The van der Waals surface area contributed by atoms with E-state index in [1.165, 1.54) is 31.4 Å². The van der Waals surface area contributed by atoms with Crippen LogP contribution in [0.2, 0.25) is 5.02 Å². The van der Waals surface area contributed by atoms with Gasteiger partial charge in [0.05, 0.1) is 11.6 Å². The van der Waals surface area contributed by atoms with Crippen LogP contribution in [-0.2, 0) is 0 Å². The fourth-order valence-electron chi connectivity index (χ4n) is 3.58. The molecule has 0 amide bonds. The van der Waals surface area contributed by atoms with Gasteiger partial charge in [-0.25, -0.2) is 4.39 Å². The summed E-state index contributed by atoms with van der Waals surface area (Å²) in [5.74, 6) is 0.0427. The first-order valence-corrected chi connectivity index (χ1v) is 7.78. The Labute approximate surface area is 123 Å². The molecule has 3 rings (SSSR count). The Bertz CT molecular complexity index is 519. The van der Waals surface area contributed by atoms with Crippen LogP contribution in [0.5, 0.6) is 0 Å². The lowest BCUT2D eigenvalue weighted by molar-refractivity contribution is 0.0857. The smallest absolute Gasteiger partial charge is 0.182 e. The van der Waals surface area contributed by atoms with E-state index < -0.39 is 5.82 Å². The Morgan fingerprint density at radius 2 is 2.00 bits per heavy atom. The molecule has 4 heteroatoms. The zero-order valence-electron chi connectivity index (χ0n) is 11.4. The normalized spacial score (nSPS) is 29.8. The third-order valence-corrected chi connectivity index (χ3v) is 4.90. The predicted octanol–water partition coefficient (Wildman–Crippen LogP) is 3.97. The van der Waals surface area contributed by atoms with Gasteiger partial charge in [0.15, 0.2) is 5.78 Å². The summed E-state index contributed by atoms with van der Waals surface area (Å²) in [4.78, 5) is 12.5. The van der Waals surface area contributed by atoms with E-state index in [1.807, 2.05) is 0 Å². The number of benzene rings is 1. The highest BCUT2D eigenvalue weighted by Crippen LogP contribution is 2.33. The third kappa shape index (κ3) is 2.75. The molecule has 1 saturated carbocycles. The second-order valence-electron chi connectivity index (χ2n) is 5.94. The van der Waals surface area contributed by atoms with Crippen molar-refractivity contribution < 1.29 is 9.18 Å². The minimum absolute atomic E-state index is 0.136. The van der Waals surface area contributed by atoms with Crippen molar-refractivity contribution in [2.75, 3.05) is 0 Å². The highest BCUT2D eigenvalue weighted by Gasteiger charge is 2.35. The molecule has 108 valence electrons. The van der Waals surface area contributed by atoms with E-state index >= 15 is 0 Å². The van der Waals surface area contributed by atoms with Gasteiger partial charge in [-0.15, -0.1) is 0 Å². The predicted molar refractivity (Wildman–Crippen MR) is 77.6 cm³/mol. The van der Waals surface area contributed by atoms with Gasteiger partial charge in [0, 0.05) is 11.1 Å². The molecule has 0 bridgehead atoms. The number of hydrogen-bond donors (Lipinski definition) is 1. The molecule has 1 N–H and O–H groups in total. The second kappa shape index (κ2) is 5.82. The average Bonchev–Trinajstić information content (AvgIpc) is 2.46. The molecule has 1 aromatic carbocycles. The molecule has 20 heavy (non-hydrogen) atoms. The zero-order chi connectivity index (χ0) is 14.1. The van der Waals surface area contributed by atoms with Crippen LogP contribution in [0.15, 0.2) is 18.2 Å². The molecule has 1 heterocycles. The van der Waals surface area contributed by atoms with Gasteiger partial charge in [-0.2, -0.15) is 0 Å². The summed E-state index contributed by atoms with van der Waals surface area (Å²) in [6, 6.07) is 4.46. The molecule has 1 aliphatic heterocycles. The number of Topliss-reactive ketones (excluding diaryl/α,β-unsaturated/α-hetero) is 1. The van der Waals surface area contributed by atoms with E-state index in [4.69, 9.17) is 11.6 Å². The molecule has 3 unspecified atom stereocenters. The minimum atomic E-state index is -0.518. The molecule has 2 fully saturated rings. The summed E-state index contributed by atoms with van der Waals surface area (Å²) in [6.07, 6.45) is 6.80. The number of hydrogen-bond acceptors (Lipinski definition) is 2. The van der Waals surface area contributed by atoms with Crippen LogP contribution >= 0.6 is 11.6 Å². The van der Waals surface area contributed by atoms with Gasteiger partial charge in [0.25, 0.3) is 0 Å². The first-order chi connectivity index (χ1) is 9.65. The summed E-state index contributed by atoms with van der Waals surface area (Å²) in [5.41, 5.74) is 0.154. The highest BCUT2D eigenvalue weighted by atomic mass is 35.5. The van der Waals surface area contributed by atoms with E-state index in [0.717, 1.165) is 19.3 Å². The van der Waals surface area contributed by atoms with E-state index in [9.17, 15) is 9.18 Å². The zero-order valence-corrected chi connectivity index (χ0v) is 12.1. The largest absolute Gasteiger partial charge is 0.304 e. The Kier molecular flexibility index (Phi) is 4.08. The molecule has 1 aliphatic carbocycles. The quantitative estimate of drug-likeness (QED) is 0.836. The van der Waals surface area contributed by atoms with E-state index in [-0.39, 0.29) is 17.4 Å². The molecule has 1 saturated heterocycles. The molecule has 1 aromatic rings. The Balaban J connectivity index is 1.74. The molecular weight excluding hydrogens is 277 g/mol. The maximum atomic E-state index is 13.9. The lowest BCUT2D eigenvalue weighted by atomic mass is 9.77. The SMILES string of the molecule is O=C(c1ccc(Cl)cc1F)C1CCC2CCCCC2N1. The summed E-state index contributed by atoms with van der Waals surface area (Å²) < 4.78 is 13.9. The van der Waals surface area contributed by atoms with Gasteiger partial charge >= 0.3 is 0 Å². The summed E-state index contributed by atoms with van der Waals surface area (Å²) in [7, 11) is 0. The van der Waals surface area contributed by atoms with E-state index in [1.54, 1.807) is 6.07 Å². The number of fused-ring (bicyclic) bond motifs is 1. The summed E-state index contributed by atoms with van der Waals surface area (Å²) in [5, 5.41) is 3.77. The van der Waals surface area contributed by atoms with Crippen LogP contribution in [0, 0.1) is 11.7 Å². The van der Waals surface area contributed by atoms with Crippen molar-refractivity contribution in [3.63, 3.8) is 0 Å². The average molecular weight is 296 g/mol. The fourth-order valence-corrected chi connectivity index (χ4v) is 3.74. The molecule has 2 nitrogen and oxygen atoms in total. The summed E-state index contributed by atoms with van der Waals surface area (Å²) in [6.45, 7) is 0. The van der Waals surface area contributed by atoms with Gasteiger partial charge in [-0.3, -0.25) is 4.79 Å². The fraction of sp³-hybridized carbons (Fsp3) is 0.562. The van der Waals surface area contributed by atoms with E-state index in [0.29, 0.717) is 17.0 Å². The number of piperidine rings is 1. The van der Waals surface area contributed by atoms with Gasteiger partial charge in [0.2, 0.25) is 0 Å². The molecule has 0 aromatic heterocycles. The Hall–Kier alpha value is -0.930. The Morgan fingerprint density at radius 1 is 1.20 bits per heavy atom. The lowest BCUT2D eigenvalue weighted by Gasteiger charge is -2.40. The number of ketones is 1. The topological polar surface area (TPSA) is 29.1 Å².